The highest BCUT2D eigenvalue weighted by atomic mass is 16.1. The van der Waals surface area contributed by atoms with Crippen LogP contribution in [0, 0.1) is 17.8 Å². The van der Waals surface area contributed by atoms with E-state index in [2.05, 4.69) is 0 Å². The lowest BCUT2D eigenvalue weighted by Gasteiger charge is -2.38. The molecule has 0 aromatic carbocycles. The van der Waals surface area contributed by atoms with Crippen molar-refractivity contribution in [2.24, 2.45) is 17.8 Å². The third-order valence-electron chi connectivity index (χ3n) is 3.09. The fraction of sp³-hybridized carbons (Fsp3) is 0.778. The standard InChI is InChI=1S/C9H12O2/c10-5-7-3-6-1-2-8(7)9(11)4-6/h5-8H,1-4H2. The second-order valence-corrected chi connectivity index (χ2v) is 3.76. The van der Waals surface area contributed by atoms with Gasteiger partial charge >= 0.3 is 0 Å². The lowest BCUT2D eigenvalue weighted by molar-refractivity contribution is -0.136. The van der Waals surface area contributed by atoms with Gasteiger partial charge in [-0.2, -0.15) is 0 Å². The monoisotopic (exact) mass is 152 g/mol. The number of hydrogen-bond donors (Lipinski definition) is 0. The first-order valence-electron chi connectivity index (χ1n) is 4.29. The van der Waals surface area contributed by atoms with Crippen molar-refractivity contribution in [1.82, 2.24) is 0 Å². The molecule has 60 valence electrons. The molecule has 3 fully saturated rings. The maximum Gasteiger partial charge on any atom is 0.136 e. The highest BCUT2D eigenvalue weighted by Gasteiger charge is 2.40. The Balaban J connectivity index is 2.19. The van der Waals surface area contributed by atoms with Crippen molar-refractivity contribution in [3.63, 3.8) is 0 Å². The minimum atomic E-state index is 0.0648. The van der Waals surface area contributed by atoms with Gasteiger partial charge in [0.2, 0.25) is 0 Å². The van der Waals surface area contributed by atoms with Crippen LogP contribution in [0.2, 0.25) is 0 Å². The molecule has 0 radical (unpaired) electrons. The summed E-state index contributed by atoms with van der Waals surface area (Å²) < 4.78 is 0. The fourth-order valence-electron chi connectivity index (χ4n) is 2.47. The van der Waals surface area contributed by atoms with E-state index in [0.29, 0.717) is 11.7 Å². The molecule has 3 unspecified atom stereocenters. The molecule has 0 amide bonds. The Morgan fingerprint density at radius 1 is 1.36 bits per heavy atom. The van der Waals surface area contributed by atoms with Gasteiger partial charge in [0.15, 0.2) is 0 Å². The maximum atomic E-state index is 11.3. The van der Waals surface area contributed by atoms with Crippen molar-refractivity contribution in [3.05, 3.63) is 0 Å². The van der Waals surface area contributed by atoms with Gasteiger partial charge in [0.1, 0.15) is 12.1 Å². The van der Waals surface area contributed by atoms with Crippen LogP contribution in [-0.4, -0.2) is 12.1 Å². The minimum absolute atomic E-state index is 0.0648. The molecule has 3 aliphatic rings. The Hall–Kier alpha value is -0.660. The van der Waals surface area contributed by atoms with E-state index < -0.39 is 0 Å². The Bertz CT molecular complexity index is 198. The molecule has 0 aromatic rings. The van der Waals surface area contributed by atoms with Crippen LogP contribution in [0.4, 0.5) is 0 Å². The number of rotatable bonds is 1. The number of fused-ring (bicyclic) bond motifs is 3. The average Bonchev–Trinajstić information content (AvgIpc) is 2.04. The first-order valence-corrected chi connectivity index (χ1v) is 4.29. The number of hydrogen-bond acceptors (Lipinski definition) is 2. The topological polar surface area (TPSA) is 34.1 Å². The SMILES string of the molecule is O=CC1CC2CCC1C(=O)C2. The molecule has 3 atom stereocenters. The van der Waals surface area contributed by atoms with Gasteiger partial charge in [0, 0.05) is 18.3 Å². The maximum absolute atomic E-state index is 11.3. The van der Waals surface area contributed by atoms with E-state index in [1.54, 1.807) is 0 Å². The molecule has 2 heteroatoms. The Morgan fingerprint density at radius 2 is 2.18 bits per heavy atom. The third-order valence-corrected chi connectivity index (χ3v) is 3.09. The second kappa shape index (κ2) is 2.43. The van der Waals surface area contributed by atoms with Crippen LogP contribution in [0.1, 0.15) is 25.7 Å². The number of Topliss-reactive ketones (excluding diaryl/α,β-unsaturated/α-hetero) is 1. The quantitative estimate of drug-likeness (QED) is 0.529. The molecule has 3 rings (SSSR count). The van der Waals surface area contributed by atoms with Crippen LogP contribution >= 0.6 is 0 Å². The van der Waals surface area contributed by atoms with Crippen molar-refractivity contribution in [3.8, 4) is 0 Å². The van der Waals surface area contributed by atoms with Crippen LogP contribution in [-0.2, 0) is 9.59 Å². The summed E-state index contributed by atoms with van der Waals surface area (Å²) in [5, 5.41) is 0. The van der Waals surface area contributed by atoms with Gasteiger partial charge in [-0.15, -0.1) is 0 Å². The van der Waals surface area contributed by atoms with E-state index in [1.165, 1.54) is 6.42 Å². The van der Waals surface area contributed by atoms with E-state index in [1.807, 2.05) is 0 Å². The molecule has 0 saturated heterocycles. The summed E-state index contributed by atoms with van der Waals surface area (Å²) in [6, 6.07) is 0. The molecule has 3 saturated carbocycles. The first-order chi connectivity index (χ1) is 5.31. The van der Waals surface area contributed by atoms with Gasteiger partial charge in [-0.25, -0.2) is 0 Å². The molecule has 0 aliphatic heterocycles. The van der Waals surface area contributed by atoms with Crippen LogP contribution in [0.3, 0.4) is 0 Å². The third kappa shape index (κ3) is 1.01. The summed E-state index contributed by atoms with van der Waals surface area (Å²) >= 11 is 0. The highest BCUT2D eigenvalue weighted by Crippen LogP contribution is 2.41. The van der Waals surface area contributed by atoms with E-state index >= 15 is 0 Å². The van der Waals surface area contributed by atoms with Crippen LogP contribution in [0.25, 0.3) is 0 Å². The van der Waals surface area contributed by atoms with Gasteiger partial charge in [-0.1, -0.05) is 0 Å². The summed E-state index contributed by atoms with van der Waals surface area (Å²) in [5.41, 5.74) is 0. The van der Waals surface area contributed by atoms with Gasteiger partial charge in [-0.3, -0.25) is 4.79 Å². The van der Waals surface area contributed by atoms with Crippen LogP contribution in [0.5, 0.6) is 0 Å². The smallest absolute Gasteiger partial charge is 0.136 e. The van der Waals surface area contributed by atoms with E-state index in [0.717, 1.165) is 25.5 Å². The molecule has 11 heavy (non-hydrogen) atoms. The Labute approximate surface area is 66.0 Å². The number of carbonyl (C=O) groups excluding carboxylic acids is 2. The molecular weight excluding hydrogens is 140 g/mol. The largest absolute Gasteiger partial charge is 0.303 e. The van der Waals surface area contributed by atoms with Crippen molar-refractivity contribution in [1.29, 1.82) is 0 Å². The Morgan fingerprint density at radius 3 is 2.64 bits per heavy atom. The van der Waals surface area contributed by atoms with Gasteiger partial charge in [-0.05, 0) is 25.2 Å². The van der Waals surface area contributed by atoms with Crippen LogP contribution < -0.4 is 0 Å². The zero-order valence-corrected chi connectivity index (χ0v) is 6.45. The average molecular weight is 152 g/mol. The molecule has 0 heterocycles. The highest BCUT2D eigenvalue weighted by molar-refractivity contribution is 5.86. The zero-order chi connectivity index (χ0) is 7.84. The van der Waals surface area contributed by atoms with Crippen molar-refractivity contribution >= 4 is 12.1 Å². The second-order valence-electron chi connectivity index (χ2n) is 3.76. The number of aldehydes is 1. The van der Waals surface area contributed by atoms with E-state index in [9.17, 15) is 9.59 Å². The summed E-state index contributed by atoms with van der Waals surface area (Å²) in [6.45, 7) is 0. The Kier molecular flexibility index (Phi) is 1.55. The molecule has 2 bridgehead atoms. The summed E-state index contributed by atoms with van der Waals surface area (Å²) in [5.74, 6) is 1.03. The lowest BCUT2D eigenvalue weighted by atomic mass is 9.64. The van der Waals surface area contributed by atoms with Crippen LogP contribution in [0.15, 0.2) is 0 Å². The van der Waals surface area contributed by atoms with Crippen molar-refractivity contribution < 1.29 is 9.59 Å². The number of carbonyl (C=O) groups is 2. The molecule has 0 spiro atoms. The van der Waals surface area contributed by atoms with Crippen molar-refractivity contribution in [2.75, 3.05) is 0 Å². The van der Waals surface area contributed by atoms with Gasteiger partial charge in [0.25, 0.3) is 0 Å². The van der Waals surface area contributed by atoms with Gasteiger partial charge in [0.05, 0.1) is 0 Å². The van der Waals surface area contributed by atoms with Crippen molar-refractivity contribution in [2.45, 2.75) is 25.7 Å². The number of ketones is 1. The minimum Gasteiger partial charge on any atom is -0.303 e. The molecule has 0 aromatic heterocycles. The predicted octanol–water partition coefficient (Wildman–Crippen LogP) is 1.19. The van der Waals surface area contributed by atoms with Gasteiger partial charge < -0.3 is 4.79 Å². The normalized spacial score (nSPS) is 42.5. The first kappa shape index (κ1) is 7.01. The van der Waals surface area contributed by atoms with E-state index in [-0.39, 0.29) is 11.8 Å². The van der Waals surface area contributed by atoms with E-state index in [4.69, 9.17) is 0 Å². The molecule has 0 N–H and O–H groups in total. The lowest BCUT2D eigenvalue weighted by Crippen LogP contribution is -2.39. The zero-order valence-electron chi connectivity index (χ0n) is 6.45. The molecule has 2 nitrogen and oxygen atoms in total. The summed E-state index contributed by atoms with van der Waals surface area (Å²) in [6.07, 6.45) is 4.83. The molecule has 3 aliphatic carbocycles. The fourth-order valence-corrected chi connectivity index (χ4v) is 2.47. The summed E-state index contributed by atoms with van der Waals surface area (Å²) in [7, 11) is 0. The predicted molar refractivity (Wildman–Crippen MR) is 40.0 cm³/mol. The summed E-state index contributed by atoms with van der Waals surface area (Å²) in [4.78, 5) is 21.8. The molecular formula is C9H12O2.